The Hall–Kier alpha value is -3.49. The maximum atomic E-state index is 12.2. The predicted octanol–water partition coefficient (Wildman–Crippen LogP) is 2.35. The molecular weight excluding hydrogens is 360 g/mol. The summed E-state index contributed by atoms with van der Waals surface area (Å²) in [6.45, 7) is 5.92. The summed E-state index contributed by atoms with van der Waals surface area (Å²) in [6, 6.07) is 3.76. The molecule has 1 amide bonds. The van der Waals surface area contributed by atoms with E-state index in [-0.39, 0.29) is 24.1 Å². The number of fused-ring (bicyclic) bond motifs is 5. The predicted molar refractivity (Wildman–Crippen MR) is 101 cm³/mol. The number of aryl methyl sites for hydroxylation is 1. The Morgan fingerprint density at radius 3 is 2.75 bits per heavy atom. The van der Waals surface area contributed by atoms with Crippen LogP contribution in [0.1, 0.15) is 42.5 Å². The monoisotopic (exact) mass is 380 g/mol. The Morgan fingerprint density at radius 2 is 2.07 bits per heavy atom. The van der Waals surface area contributed by atoms with Crippen LogP contribution in [0.15, 0.2) is 24.8 Å². The summed E-state index contributed by atoms with van der Waals surface area (Å²) in [7, 11) is 0. The second-order valence-corrected chi connectivity index (χ2v) is 6.99. The molecule has 0 saturated heterocycles. The molecule has 0 spiro atoms. The quantitative estimate of drug-likeness (QED) is 0.562. The number of amides is 1. The summed E-state index contributed by atoms with van der Waals surface area (Å²) in [5.74, 6) is -0.692. The summed E-state index contributed by atoms with van der Waals surface area (Å²) in [6.07, 6.45) is 3.65. The van der Waals surface area contributed by atoms with E-state index < -0.39 is 5.97 Å². The van der Waals surface area contributed by atoms with E-state index in [1.807, 2.05) is 32.9 Å². The number of nitrogens with zero attached hydrogens (tertiary/aromatic N) is 5. The Labute approximate surface area is 161 Å². The topological polar surface area (TPSA) is 115 Å². The average molecular weight is 380 g/mol. The number of nitrogens with one attached hydrogen (secondary N) is 1. The molecule has 9 nitrogen and oxygen atoms in total. The number of anilines is 1. The molecule has 4 rings (SSSR count). The van der Waals surface area contributed by atoms with Crippen LogP contribution in [0, 0.1) is 5.92 Å². The number of rotatable bonds is 4. The molecular formula is C19H20N6O3. The first-order chi connectivity index (χ1) is 13.4. The second kappa shape index (κ2) is 6.59. The summed E-state index contributed by atoms with van der Waals surface area (Å²) in [5, 5.41) is 16.7. The number of aromatic carboxylic acids is 1. The number of carboxylic acid groups (broad SMARTS) is 1. The molecule has 0 unspecified atom stereocenters. The van der Waals surface area contributed by atoms with Crippen molar-refractivity contribution < 1.29 is 14.7 Å². The highest BCUT2D eigenvalue weighted by Gasteiger charge is 2.28. The van der Waals surface area contributed by atoms with Crippen LogP contribution in [-0.4, -0.2) is 41.3 Å². The zero-order valence-corrected chi connectivity index (χ0v) is 15.8. The minimum absolute atomic E-state index is 0.00598. The number of benzene rings is 1. The largest absolute Gasteiger partial charge is 0.476 e. The molecule has 2 N–H and O–H groups in total. The van der Waals surface area contributed by atoms with Gasteiger partial charge in [-0.2, -0.15) is 5.10 Å². The number of hydrogen-bond acceptors (Lipinski definition) is 5. The lowest BCUT2D eigenvalue weighted by Gasteiger charge is -2.17. The first kappa shape index (κ1) is 17.9. The summed E-state index contributed by atoms with van der Waals surface area (Å²) in [5.41, 5.74) is 3.73. The van der Waals surface area contributed by atoms with Gasteiger partial charge in [-0.05, 0) is 24.1 Å². The van der Waals surface area contributed by atoms with Crippen molar-refractivity contribution in [1.29, 1.82) is 0 Å². The van der Waals surface area contributed by atoms with E-state index in [2.05, 4.69) is 20.4 Å². The molecule has 1 aliphatic rings. The van der Waals surface area contributed by atoms with Crippen LogP contribution in [0.2, 0.25) is 0 Å². The van der Waals surface area contributed by atoms with E-state index in [9.17, 15) is 14.7 Å². The summed E-state index contributed by atoms with van der Waals surface area (Å²) in [4.78, 5) is 32.3. The lowest BCUT2D eigenvalue weighted by atomic mass is 10.0. The van der Waals surface area contributed by atoms with Crippen molar-refractivity contribution in [1.82, 2.24) is 24.3 Å². The third-order valence-corrected chi connectivity index (χ3v) is 4.83. The highest BCUT2D eigenvalue weighted by molar-refractivity contribution is 5.94. The van der Waals surface area contributed by atoms with Gasteiger partial charge >= 0.3 is 5.97 Å². The molecule has 28 heavy (non-hydrogen) atoms. The van der Waals surface area contributed by atoms with Gasteiger partial charge in [0.05, 0.1) is 17.9 Å². The van der Waals surface area contributed by atoms with Crippen LogP contribution in [-0.2, 0) is 17.8 Å². The van der Waals surface area contributed by atoms with Crippen molar-refractivity contribution in [2.45, 2.75) is 33.7 Å². The molecule has 9 heteroatoms. The molecule has 1 aliphatic heterocycles. The average Bonchev–Trinajstić information content (AvgIpc) is 3.26. The Bertz CT molecular complexity index is 1100. The van der Waals surface area contributed by atoms with Crippen molar-refractivity contribution in [3.63, 3.8) is 0 Å². The van der Waals surface area contributed by atoms with E-state index in [0.717, 1.165) is 16.8 Å². The standard InChI is InChI=1S/C19H20N6O3/c1-4-11-5-12(23-18(26)10(2)3)6-13-16(11)24-9-21-15(19(27)28)14(24)7-25-17(13)20-8-22-25/h5-6,8-10H,4,7H2,1-3H3,(H,23,26)(H,27,28). The molecule has 0 radical (unpaired) electrons. The van der Waals surface area contributed by atoms with Crippen molar-refractivity contribution in [3.05, 3.63) is 41.7 Å². The molecule has 3 aromatic rings. The lowest BCUT2D eigenvalue weighted by molar-refractivity contribution is -0.118. The molecule has 3 heterocycles. The molecule has 0 aliphatic carbocycles. The SMILES string of the molecule is CCc1cc(NC(=O)C(C)C)cc2c1-n1cnc(C(=O)O)c1Cn1ncnc1-2. The highest BCUT2D eigenvalue weighted by Crippen LogP contribution is 2.36. The van der Waals surface area contributed by atoms with Crippen LogP contribution in [0.3, 0.4) is 0 Å². The number of carbonyl (C=O) groups is 2. The van der Waals surface area contributed by atoms with E-state index in [0.29, 0.717) is 23.6 Å². The van der Waals surface area contributed by atoms with Crippen molar-refractivity contribution in [3.8, 4) is 17.1 Å². The normalized spacial score (nSPS) is 12.1. The first-order valence-corrected chi connectivity index (χ1v) is 9.06. The highest BCUT2D eigenvalue weighted by atomic mass is 16.4. The minimum atomic E-state index is -1.09. The number of carbonyl (C=O) groups excluding carboxylic acids is 1. The van der Waals surface area contributed by atoms with Crippen molar-refractivity contribution in [2.75, 3.05) is 5.32 Å². The molecule has 0 bridgehead atoms. The van der Waals surface area contributed by atoms with E-state index >= 15 is 0 Å². The molecule has 144 valence electrons. The van der Waals surface area contributed by atoms with E-state index in [1.54, 1.807) is 9.25 Å². The maximum absolute atomic E-state index is 12.2. The van der Waals surface area contributed by atoms with Gasteiger partial charge in [0.25, 0.3) is 0 Å². The molecule has 0 atom stereocenters. The number of imidazole rings is 1. The fourth-order valence-corrected chi connectivity index (χ4v) is 3.40. The molecule has 0 saturated carbocycles. The smallest absolute Gasteiger partial charge is 0.356 e. The first-order valence-electron chi connectivity index (χ1n) is 9.06. The molecule has 2 aromatic heterocycles. The van der Waals surface area contributed by atoms with Gasteiger partial charge in [-0.25, -0.2) is 19.4 Å². The van der Waals surface area contributed by atoms with Gasteiger partial charge in [0, 0.05) is 17.2 Å². The maximum Gasteiger partial charge on any atom is 0.356 e. The zero-order chi connectivity index (χ0) is 20.0. The second-order valence-electron chi connectivity index (χ2n) is 6.99. The lowest BCUT2D eigenvalue weighted by Crippen LogP contribution is -2.18. The summed E-state index contributed by atoms with van der Waals surface area (Å²) >= 11 is 0. The molecule has 1 aromatic carbocycles. The summed E-state index contributed by atoms with van der Waals surface area (Å²) < 4.78 is 3.45. The van der Waals surface area contributed by atoms with Gasteiger partial charge in [-0.3, -0.25) is 9.36 Å². The third kappa shape index (κ3) is 2.75. The van der Waals surface area contributed by atoms with Gasteiger partial charge in [0.1, 0.15) is 12.7 Å². The van der Waals surface area contributed by atoms with E-state index in [1.165, 1.54) is 12.7 Å². The number of carboxylic acids is 1. The van der Waals surface area contributed by atoms with Crippen LogP contribution >= 0.6 is 0 Å². The van der Waals surface area contributed by atoms with E-state index in [4.69, 9.17) is 0 Å². The van der Waals surface area contributed by atoms with Crippen LogP contribution in [0.25, 0.3) is 17.1 Å². The van der Waals surface area contributed by atoms with Crippen LogP contribution in [0.4, 0.5) is 5.69 Å². The van der Waals surface area contributed by atoms with Gasteiger partial charge in [-0.1, -0.05) is 20.8 Å². The fraction of sp³-hybridized carbons (Fsp3) is 0.316. The van der Waals surface area contributed by atoms with Crippen molar-refractivity contribution >= 4 is 17.6 Å². The number of hydrogen-bond donors (Lipinski definition) is 2. The van der Waals surface area contributed by atoms with Gasteiger partial charge in [0.2, 0.25) is 5.91 Å². The van der Waals surface area contributed by atoms with Gasteiger partial charge in [-0.15, -0.1) is 0 Å². The Kier molecular flexibility index (Phi) is 4.21. The minimum Gasteiger partial charge on any atom is -0.476 e. The van der Waals surface area contributed by atoms with Crippen LogP contribution in [0.5, 0.6) is 0 Å². The Balaban J connectivity index is 1.98. The number of aromatic nitrogens is 5. The van der Waals surface area contributed by atoms with Crippen molar-refractivity contribution in [2.24, 2.45) is 5.92 Å². The zero-order valence-electron chi connectivity index (χ0n) is 15.8. The fourth-order valence-electron chi connectivity index (χ4n) is 3.40. The van der Waals surface area contributed by atoms with Gasteiger partial charge in [0.15, 0.2) is 11.5 Å². The Morgan fingerprint density at radius 1 is 1.29 bits per heavy atom. The molecule has 0 fully saturated rings. The van der Waals surface area contributed by atoms with Crippen LogP contribution < -0.4 is 5.32 Å². The van der Waals surface area contributed by atoms with Gasteiger partial charge < -0.3 is 10.4 Å². The third-order valence-electron chi connectivity index (χ3n) is 4.83.